The molecule has 0 aliphatic carbocycles. The molecule has 0 N–H and O–H groups in total. The number of amides is 1. The minimum Gasteiger partial charge on any atom is -0.471 e. The van der Waals surface area contributed by atoms with Crippen molar-refractivity contribution in [3.05, 3.63) is 59.2 Å². The lowest BCUT2D eigenvalue weighted by Gasteiger charge is -2.38. The van der Waals surface area contributed by atoms with Crippen molar-refractivity contribution < 1.29 is 9.53 Å². The number of carbonyl (C=O) groups is 1. The summed E-state index contributed by atoms with van der Waals surface area (Å²) in [6, 6.07) is 12.7. The standard InChI is InChI=1S/C15H13ClN2O2/c16-12-6-7-14(17-8-12)20-13-9-18(10-13)15(19)11-4-2-1-3-5-11/h1-8,13H,9-10H2. The maximum atomic E-state index is 12.1. The highest BCUT2D eigenvalue weighted by Gasteiger charge is 2.32. The van der Waals surface area contributed by atoms with Crippen LogP contribution in [0.5, 0.6) is 5.88 Å². The Morgan fingerprint density at radius 3 is 2.60 bits per heavy atom. The Hall–Kier alpha value is -2.07. The number of rotatable bonds is 3. The molecule has 1 aliphatic heterocycles. The Balaban J connectivity index is 1.54. The number of benzene rings is 1. The maximum Gasteiger partial charge on any atom is 0.254 e. The second-order valence-corrected chi connectivity index (χ2v) is 5.07. The Labute approximate surface area is 122 Å². The van der Waals surface area contributed by atoms with Crippen LogP contribution in [-0.2, 0) is 0 Å². The minimum atomic E-state index is -0.00339. The number of aromatic nitrogens is 1. The van der Waals surface area contributed by atoms with Gasteiger partial charge in [-0.2, -0.15) is 0 Å². The van der Waals surface area contributed by atoms with Gasteiger partial charge in [0.25, 0.3) is 5.91 Å². The molecule has 0 unspecified atom stereocenters. The van der Waals surface area contributed by atoms with Crippen molar-refractivity contribution >= 4 is 17.5 Å². The average molecular weight is 289 g/mol. The van der Waals surface area contributed by atoms with Crippen molar-refractivity contribution in [2.45, 2.75) is 6.10 Å². The lowest BCUT2D eigenvalue weighted by molar-refractivity contribution is 0.0160. The van der Waals surface area contributed by atoms with E-state index in [2.05, 4.69) is 4.98 Å². The largest absolute Gasteiger partial charge is 0.471 e. The van der Waals surface area contributed by atoms with Gasteiger partial charge < -0.3 is 9.64 Å². The van der Waals surface area contributed by atoms with E-state index >= 15 is 0 Å². The third-order valence-corrected chi connectivity index (χ3v) is 3.37. The van der Waals surface area contributed by atoms with Crippen LogP contribution in [0, 0.1) is 0 Å². The highest BCUT2D eigenvalue weighted by atomic mass is 35.5. The molecule has 1 saturated heterocycles. The molecule has 4 nitrogen and oxygen atoms in total. The molecular weight excluding hydrogens is 276 g/mol. The molecule has 1 aromatic heterocycles. The van der Waals surface area contributed by atoms with Gasteiger partial charge in [0.1, 0.15) is 6.10 Å². The fraction of sp³-hybridized carbons (Fsp3) is 0.200. The predicted molar refractivity (Wildman–Crippen MR) is 76.0 cm³/mol. The smallest absolute Gasteiger partial charge is 0.254 e. The van der Waals surface area contributed by atoms with Crippen LogP contribution >= 0.6 is 11.6 Å². The molecule has 3 rings (SSSR count). The molecule has 0 bridgehead atoms. The van der Waals surface area contributed by atoms with Crippen LogP contribution in [-0.4, -0.2) is 35.0 Å². The summed E-state index contributed by atoms with van der Waals surface area (Å²) in [4.78, 5) is 17.9. The molecule has 0 spiro atoms. The number of nitrogens with zero attached hydrogens (tertiary/aromatic N) is 2. The molecule has 2 heterocycles. The topological polar surface area (TPSA) is 42.4 Å². The first kappa shape index (κ1) is 12.9. The Morgan fingerprint density at radius 2 is 1.95 bits per heavy atom. The van der Waals surface area contributed by atoms with Crippen LogP contribution in [0.15, 0.2) is 48.7 Å². The average Bonchev–Trinajstić information content (AvgIpc) is 2.45. The lowest BCUT2D eigenvalue weighted by atomic mass is 10.1. The summed E-state index contributed by atoms with van der Waals surface area (Å²) in [5.41, 5.74) is 0.704. The van der Waals surface area contributed by atoms with Crippen molar-refractivity contribution in [2.75, 3.05) is 13.1 Å². The molecule has 1 fully saturated rings. The van der Waals surface area contributed by atoms with E-state index < -0.39 is 0 Å². The van der Waals surface area contributed by atoms with Crippen molar-refractivity contribution in [3.8, 4) is 5.88 Å². The van der Waals surface area contributed by atoms with Crippen LogP contribution < -0.4 is 4.74 Å². The van der Waals surface area contributed by atoms with Gasteiger partial charge in [-0.25, -0.2) is 4.98 Å². The van der Waals surface area contributed by atoms with Gasteiger partial charge in [0.05, 0.1) is 18.1 Å². The molecule has 5 heteroatoms. The van der Waals surface area contributed by atoms with Gasteiger partial charge in [0, 0.05) is 17.8 Å². The van der Waals surface area contributed by atoms with Crippen molar-refractivity contribution in [2.24, 2.45) is 0 Å². The van der Waals surface area contributed by atoms with Crippen molar-refractivity contribution in [1.29, 1.82) is 0 Å². The van der Waals surface area contributed by atoms with Gasteiger partial charge >= 0.3 is 0 Å². The maximum absolute atomic E-state index is 12.1. The lowest BCUT2D eigenvalue weighted by Crippen LogP contribution is -2.56. The van der Waals surface area contributed by atoms with Gasteiger partial charge in [-0.1, -0.05) is 29.8 Å². The van der Waals surface area contributed by atoms with Crippen LogP contribution in [0.2, 0.25) is 5.02 Å². The second-order valence-electron chi connectivity index (χ2n) is 4.63. The molecule has 20 heavy (non-hydrogen) atoms. The molecule has 1 aliphatic rings. The number of ether oxygens (including phenoxy) is 1. The predicted octanol–water partition coefficient (Wildman–Crippen LogP) is 2.64. The second kappa shape index (κ2) is 5.51. The third-order valence-electron chi connectivity index (χ3n) is 3.14. The van der Waals surface area contributed by atoms with E-state index in [0.29, 0.717) is 29.6 Å². The van der Waals surface area contributed by atoms with Gasteiger partial charge in [-0.3, -0.25) is 4.79 Å². The summed E-state index contributed by atoms with van der Waals surface area (Å²) in [6.45, 7) is 1.16. The zero-order valence-electron chi connectivity index (χ0n) is 10.7. The Morgan fingerprint density at radius 1 is 1.20 bits per heavy atom. The molecule has 1 amide bonds. The van der Waals surface area contributed by atoms with Gasteiger partial charge in [0.2, 0.25) is 5.88 Å². The number of halogens is 1. The molecule has 0 atom stereocenters. The highest BCUT2D eigenvalue weighted by Crippen LogP contribution is 2.19. The SMILES string of the molecule is O=C(c1ccccc1)N1CC(Oc2ccc(Cl)cn2)C1. The number of hydrogen-bond donors (Lipinski definition) is 0. The Kier molecular flexibility index (Phi) is 3.56. The zero-order valence-corrected chi connectivity index (χ0v) is 11.5. The van der Waals surface area contributed by atoms with E-state index in [4.69, 9.17) is 16.3 Å². The number of likely N-dealkylation sites (tertiary alicyclic amines) is 1. The fourth-order valence-corrected chi connectivity index (χ4v) is 2.16. The molecule has 0 saturated carbocycles. The fourth-order valence-electron chi connectivity index (χ4n) is 2.04. The van der Waals surface area contributed by atoms with E-state index in [0.717, 1.165) is 0 Å². The summed E-state index contributed by atoms with van der Waals surface area (Å²) < 4.78 is 5.66. The molecule has 1 aromatic carbocycles. The number of carbonyl (C=O) groups excluding carboxylic acids is 1. The van der Waals surface area contributed by atoms with E-state index in [9.17, 15) is 4.79 Å². The molecule has 102 valence electrons. The summed E-state index contributed by atoms with van der Waals surface area (Å²) >= 11 is 5.76. The van der Waals surface area contributed by atoms with E-state index in [1.807, 2.05) is 30.3 Å². The highest BCUT2D eigenvalue weighted by molar-refractivity contribution is 6.30. The Bertz CT molecular complexity index is 595. The van der Waals surface area contributed by atoms with Crippen molar-refractivity contribution in [3.63, 3.8) is 0 Å². The minimum absolute atomic E-state index is 0.00339. The van der Waals surface area contributed by atoms with Crippen LogP contribution in [0.25, 0.3) is 0 Å². The molecule has 2 aromatic rings. The number of hydrogen-bond acceptors (Lipinski definition) is 3. The quantitative estimate of drug-likeness (QED) is 0.872. The summed E-state index contributed by atoms with van der Waals surface area (Å²) in [6.07, 6.45) is 1.54. The van der Waals surface area contributed by atoms with E-state index in [-0.39, 0.29) is 12.0 Å². The third kappa shape index (κ3) is 2.75. The van der Waals surface area contributed by atoms with Gasteiger partial charge in [-0.15, -0.1) is 0 Å². The molecule has 0 radical (unpaired) electrons. The molecular formula is C15H13ClN2O2. The zero-order chi connectivity index (χ0) is 13.9. The monoisotopic (exact) mass is 288 g/mol. The normalized spacial score (nSPS) is 14.8. The first-order valence-electron chi connectivity index (χ1n) is 6.35. The summed E-state index contributed by atoms with van der Waals surface area (Å²) in [5, 5.41) is 0.576. The van der Waals surface area contributed by atoms with Crippen LogP contribution in [0.4, 0.5) is 0 Å². The van der Waals surface area contributed by atoms with Crippen LogP contribution in [0.1, 0.15) is 10.4 Å². The van der Waals surface area contributed by atoms with Gasteiger partial charge in [0.15, 0.2) is 0 Å². The number of pyridine rings is 1. The van der Waals surface area contributed by atoms with E-state index in [1.54, 1.807) is 23.2 Å². The van der Waals surface area contributed by atoms with E-state index in [1.165, 1.54) is 0 Å². The van der Waals surface area contributed by atoms with Crippen LogP contribution in [0.3, 0.4) is 0 Å². The summed E-state index contributed by atoms with van der Waals surface area (Å²) in [7, 11) is 0. The summed E-state index contributed by atoms with van der Waals surface area (Å²) in [5.74, 6) is 0.570. The first-order valence-corrected chi connectivity index (χ1v) is 6.73. The van der Waals surface area contributed by atoms with Crippen molar-refractivity contribution in [1.82, 2.24) is 9.88 Å². The van der Waals surface area contributed by atoms with Gasteiger partial charge in [-0.05, 0) is 18.2 Å². The first-order chi connectivity index (χ1) is 9.72.